The van der Waals surface area contributed by atoms with Gasteiger partial charge in [0, 0.05) is 11.9 Å². The van der Waals surface area contributed by atoms with Crippen molar-refractivity contribution in [1.82, 2.24) is 10.3 Å². The van der Waals surface area contributed by atoms with Crippen molar-refractivity contribution in [2.75, 3.05) is 12.3 Å². The highest BCUT2D eigenvalue weighted by Gasteiger charge is 2.39. The van der Waals surface area contributed by atoms with Crippen LogP contribution in [0.15, 0.2) is 5.38 Å². The number of anilines is 1. The number of rotatable bonds is 5. The molecule has 1 fully saturated rings. The average Bonchev–Trinajstić information content (AvgIpc) is 2.83. The Balaban J connectivity index is 1.89. The summed E-state index contributed by atoms with van der Waals surface area (Å²) in [6.45, 7) is 0.195. The normalized spacial score (nSPS) is 17.6. The van der Waals surface area contributed by atoms with Gasteiger partial charge in [0.1, 0.15) is 0 Å². The molecule has 2 rings (SSSR count). The first-order chi connectivity index (χ1) is 9.52. The smallest absolute Gasteiger partial charge is 0.311 e. The summed E-state index contributed by atoms with van der Waals surface area (Å²) in [4.78, 5) is 27.3. The molecule has 1 aromatic rings. The number of carbonyl (C=O) groups is 2. The van der Waals surface area contributed by atoms with Crippen LogP contribution < -0.4 is 11.1 Å². The molecular weight excluding hydrogens is 278 g/mol. The summed E-state index contributed by atoms with van der Waals surface area (Å²) in [5.74, 6) is -1.02. The van der Waals surface area contributed by atoms with E-state index in [9.17, 15) is 14.7 Å². The molecule has 0 spiro atoms. The lowest BCUT2D eigenvalue weighted by atomic mass is 9.74. The Kier molecular flexibility index (Phi) is 4.59. The molecule has 7 heteroatoms. The number of carboxylic acids is 1. The maximum atomic E-state index is 11.8. The van der Waals surface area contributed by atoms with Gasteiger partial charge in [-0.05, 0) is 12.8 Å². The molecule has 1 aliphatic carbocycles. The van der Waals surface area contributed by atoms with Gasteiger partial charge in [-0.25, -0.2) is 4.98 Å². The van der Waals surface area contributed by atoms with Gasteiger partial charge in [-0.15, -0.1) is 11.3 Å². The van der Waals surface area contributed by atoms with E-state index in [2.05, 4.69) is 10.3 Å². The minimum Gasteiger partial charge on any atom is -0.481 e. The van der Waals surface area contributed by atoms with Crippen molar-refractivity contribution in [2.24, 2.45) is 5.41 Å². The fraction of sp³-hybridized carbons (Fsp3) is 0.615. The number of aromatic nitrogens is 1. The minimum absolute atomic E-state index is 0.142. The second-order valence-electron chi connectivity index (χ2n) is 5.28. The molecule has 4 N–H and O–H groups in total. The molecule has 0 saturated heterocycles. The van der Waals surface area contributed by atoms with E-state index in [1.807, 2.05) is 0 Å². The number of hydrogen-bond acceptors (Lipinski definition) is 5. The molecule has 1 aromatic heterocycles. The number of nitrogen functional groups attached to an aromatic ring is 1. The Bertz CT molecular complexity index is 495. The molecule has 1 aliphatic rings. The minimum atomic E-state index is -0.810. The van der Waals surface area contributed by atoms with Crippen LogP contribution in [-0.2, 0) is 16.0 Å². The summed E-state index contributed by atoms with van der Waals surface area (Å²) in [5.41, 5.74) is 5.33. The number of aliphatic carboxylic acids is 1. The summed E-state index contributed by atoms with van der Waals surface area (Å²) in [6, 6.07) is 0. The number of nitrogens with zero attached hydrogens (tertiary/aromatic N) is 1. The molecular formula is C13H19N3O3S. The quantitative estimate of drug-likeness (QED) is 0.762. The van der Waals surface area contributed by atoms with E-state index < -0.39 is 11.4 Å². The Morgan fingerprint density at radius 1 is 1.40 bits per heavy atom. The molecule has 1 saturated carbocycles. The number of carboxylic acid groups (broad SMARTS) is 1. The van der Waals surface area contributed by atoms with Crippen LogP contribution in [0, 0.1) is 5.41 Å². The van der Waals surface area contributed by atoms with Crippen molar-refractivity contribution in [3.05, 3.63) is 11.1 Å². The highest BCUT2D eigenvalue weighted by Crippen LogP contribution is 2.36. The van der Waals surface area contributed by atoms with Crippen molar-refractivity contribution >= 4 is 28.3 Å². The van der Waals surface area contributed by atoms with Gasteiger partial charge in [-0.2, -0.15) is 0 Å². The Morgan fingerprint density at radius 2 is 2.10 bits per heavy atom. The van der Waals surface area contributed by atoms with Crippen LogP contribution in [0.3, 0.4) is 0 Å². The molecule has 6 nitrogen and oxygen atoms in total. The molecule has 0 radical (unpaired) electrons. The van der Waals surface area contributed by atoms with Crippen LogP contribution >= 0.6 is 11.3 Å². The predicted octanol–water partition coefficient (Wildman–Crippen LogP) is 1.42. The van der Waals surface area contributed by atoms with Crippen molar-refractivity contribution in [3.8, 4) is 0 Å². The first-order valence-electron chi connectivity index (χ1n) is 6.72. The maximum Gasteiger partial charge on any atom is 0.311 e. The zero-order valence-electron chi connectivity index (χ0n) is 11.2. The average molecular weight is 297 g/mol. The monoisotopic (exact) mass is 297 g/mol. The Morgan fingerprint density at radius 3 is 2.65 bits per heavy atom. The van der Waals surface area contributed by atoms with E-state index >= 15 is 0 Å². The van der Waals surface area contributed by atoms with Crippen molar-refractivity contribution in [2.45, 2.75) is 38.5 Å². The van der Waals surface area contributed by atoms with E-state index in [4.69, 9.17) is 5.73 Å². The molecule has 0 atom stereocenters. The molecule has 1 heterocycles. The van der Waals surface area contributed by atoms with Crippen LogP contribution in [0.2, 0.25) is 0 Å². The van der Waals surface area contributed by atoms with Gasteiger partial charge in [-0.3, -0.25) is 9.59 Å². The van der Waals surface area contributed by atoms with Crippen LogP contribution in [0.4, 0.5) is 5.13 Å². The van der Waals surface area contributed by atoms with E-state index in [0.29, 0.717) is 23.7 Å². The van der Waals surface area contributed by atoms with Gasteiger partial charge in [0.25, 0.3) is 0 Å². The largest absolute Gasteiger partial charge is 0.481 e. The molecule has 20 heavy (non-hydrogen) atoms. The number of hydrogen-bond donors (Lipinski definition) is 3. The van der Waals surface area contributed by atoms with Gasteiger partial charge in [0.05, 0.1) is 17.5 Å². The van der Waals surface area contributed by atoms with Gasteiger partial charge in [0.15, 0.2) is 5.13 Å². The summed E-state index contributed by atoms with van der Waals surface area (Å²) in [7, 11) is 0. The second-order valence-corrected chi connectivity index (χ2v) is 6.17. The standard InChI is InChI=1S/C13H19N3O3S/c14-12-16-9(7-20-12)6-10(17)15-8-13(11(18)19)4-2-1-3-5-13/h7H,1-6,8H2,(H2,14,16)(H,15,17)(H,18,19). The third kappa shape index (κ3) is 3.47. The lowest BCUT2D eigenvalue weighted by Crippen LogP contribution is -2.44. The van der Waals surface area contributed by atoms with E-state index in [1.54, 1.807) is 5.38 Å². The molecule has 1 amide bonds. The number of amides is 1. The molecule has 110 valence electrons. The third-order valence-corrected chi connectivity index (χ3v) is 4.52. The van der Waals surface area contributed by atoms with E-state index in [1.165, 1.54) is 11.3 Å². The Hall–Kier alpha value is -1.63. The lowest BCUT2D eigenvalue weighted by molar-refractivity contribution is -0.151. The first-order valence-corrected chi connectivity index (χ1v) is 7.60. The van der Waals surface area contributed by atoms with Crippen LogP contribution in [0.1, 0.15) is 37.8 Å². The summed E-state index contributed by atoms with van der Waals surface area (Å²) < 4.78 is 0. The number of thiazole rings is 1. The lowest BCUT2D eigenvalue weighted by Gasteiger charge is -2.33. The summed E-state index contributed by atoms with van der Waals surface area (Å²) in [6.07, 6.45) is 4.29. The zero-order valence-corrected chi connectivity index (χ0v) is 12.0. The van der Waals surface area contributed by atoms with Crippen LogP contribution in [0.5, 0.6) is 0 Å². The van der Waals surface area contributed by atoms with E-state index in [0.717, 1.165) is 19.3 Å². The predicted molar refractivity (Wildman–Crippen MR) is 76.4 cm³/mol. The first kappa shape index (κ1) is 14.8. The van der Waals surface area contributed by atoms with Gasteiger partial charge >= 0.3 is 5.97 Å². The van der Waals surface area contributed by atoms with Gasteiger partial charge in [-0.1, -0.05) is 19.3 Å². The summed E-state index contributed by atoms with van der Waals surface area (Å²) >= 11 is 1.29. The number of carbonyl (C=O) groups excluding carboxylic acids is 1. The fourth-order valence-electron chi connectivity index (χ4n) is 2.59. The topological polar surface area (TPSA) is 105 Å². The van der Waals surface area contributed by atoms with Crippen molar-refractivity contribution in [1.29, 1.82) is 0 Å². The molecule has 0 aliphatic heterocycles. The maximum absolute atomic E-state index is 11.8. The number of nitrogens with one attached hydrogen (secondary N) is 1. The highest BCUT2D eigenvalue weighted by molar-refractivity contribution is 7.13. The second kappa shape index (κ2) is 6.21. The van der Waals surface area contributed by atoms with Crippen LogP contribution in [0.25, 0.3) is 0 Å². The highest BCUT2D eigenvalue weighted by atomic mass is 32.1. The van der Waals surface area contributed by atoms with Crippen LogP contribution in [-0.4, -0.2) is 28.5 Å². The molecule has 0 bridgehead atoms. The number of nitrogens with two attached hydrogens (primary N) is 1. The van der Waals surface area contributed by atoms with E-state index in [-0.39, 0.29) is 18.9 Å². The third-order valence-electron chi connectivity index (χ3n) is 3.80. The van der Waals surface area contributed by atoms with Crippen molar-refractivity contribution < 1.29 is 14.7 Å². The van der Waals surface area contributed by atoms with Crippen molar-refractivity contribution in [3.63, 3.8) is 0 Å². The van der Waals surface area contributed by atoms with Gasteiger partial charge < -0.3 is 16.2 Å². The van der Waals surface area contributed by atoms with Gasteiger partial charge in [0.2, 0.25) is 5.91 Å². The molecule has 0 unspecified atom stereocenters. The SMILES string of the molecule is Nc1nc(CC(=O)NCC2(C(=O)O)CCCCC2)cs1. The Labute approximate surface area is 121 Å². The molecule has 0 aromatic carbocycles. The zero-order chi connectivity index (χ0) is 14.6. The summed E-state index contributed by atoms with van der Waals surface area (Å²) in [5, 5.41) is 14.3. The fourth-order valence-corrected chi connectivity index (χ4v) is 3.16.